The zero-order chi connectivity index (χ0) is 20.1. The molecule has 2 N–H and O–H groups in total. The van der Waals surface area contributed by atoms with Crippen molar-refractivity contribution in [2.75, 3.05) is 56.1 Å². The first-order valence-electron chi connectivity index (χ1n) is 9.13. The summed E-state index contributed by atoms with van der Waals surface area (Å²) >= 11 is 0. The summed E-state index contributed by atoms with van der Waals surface area (Å²) in [6.07, 6.45) is -0.384. The van der Waals surface area contributed by atoms with Crippen LogP contribution in [0.25, 0.3) is 0 Å². The van der Waals surface area contributed by atoms with E-state index in [4.69, 9.17) is 4.74 Å². The molecule has 0 aliphatic carbocycles. The molecule has 10 nitrogen and oxygen atoms in total. The minimum atomic E-state index is -0.513. The maximum Gasteiger partial charge on any atom is 0.409 e. The van der Waals surface area contributed by atoms with Gasteiger partial charge < -0.3 is 25.2 Å². The molecule has 0 radical (unpaired) electrons. The second-order valence-electron chi connectivity index (χ2n) is 6.38. The maximum absolute atomic E-state index is 12.5. The molecule has 1 fully saturated rings. The van der Waals surface area contributed by atoms with Gasteiger partial charge >= 0.3 is 12.1 Å². The molecular formula is C18H23N5O5. The molecule has 1 aromatic rings. The van der Waals surface area contributed by atoms with Crippen molar-refractivity contribution in [2.45, 2.75) is 6.92 Å². The molecule has 2 aliphatic rings. The number of anilines is 2. The number of amides is 5. The van der Waals surface area contributed by atoms with Gasteiger partial charge in [0.2, 0.25) is 11.8 Å². The average Bonchev–Trinajstić information content (AvgIpc) is 2.71. The van der Waals surface area contributed by atoms with Crippen LogP contribution >= 0.6 is 0 Å². The van der Waals surface area contributed by atoms with Crippen LogP contribution < -0.4 is 15.5 Å². The Balaban J connectivity index is 1.51. The normalized spacial score (nSPS) is 16.2. The Morgan fingerprint density at radius 1 is 1.11 bits per heavy atom. The van der Waals surface area contributed by atoms with Crippen LogP contribution in [-0.2, 0) is 14.3 Å². The fourth-order valence-electron chi connectivity index (χ4n) is 3.13. The van der Waals surface area contributed by atoms with Crippen LogP contribution in [0, 0.1) is 0 Å². The predicted molar refractivity (Wildman–Crippen MR) is 101 cm³/mol. The highest BCUT2D eigenvalue weighted by Gasteiger charge is 2.28. The van der Waals surface area contributed by atoms with Crippen molar-refractivity contribution in [1.82, 2.24) is 15.1 Å². The number of urea groups is 1. The van der Waals surface area contributed by atoms with E-state index in [1.54, 1.807) is 41.0 Å². The summed E-state index contributed by atoms with van der Waals surface area (Å²) in [5.74, 6) is -0.540. The number of nitrogens with one attached hydrogen (secondary N) is 2. The highest BCUT2D eigenvalue weighted by Crippen LogP contribution is 2.28. The molecule has 28 heavy (non-hydrogen) atoms. The van der Waals surface area contributed by atoms with E-state index in [-0.39, 0.29) is 31.0 Å². The molecule has 0 atom stereocenters. The summed E-state index contributed by atoms with van der Waals surface area (Å²) in [5, 5.41) is 5.28. The van der Waals surface area contributed by atoms with E-state index in [2.05, 4.69) is 10.6 Å². The highest BCUT2D eigenvalue weighted by atomic mass is 16.6. The minimum Gasteiger partial charge on any atom is -0.450 e. The number of nitrogens with zero attached hydrogens (tertiary/aromatic N) is 3. The van der Waals surface area contributed by atoms with E-state index in [0.717, 1.165) is 0 Å². The summed E-state index contributed by atoms with van der Waals surface area (Å²) in [6.45, 7) is 3.28. The molecule has 3 rings (SSSR count). The van der Waals surface area contributed by atoms with E-state index in [9.17, 15) is 19.2 Å². The lowest BCUT2D eigenvalue weighted by atomic mass is 10.2. The maximum atomic E-state index is 12.5. The number of piperazine rings is 1. The van der Waals surface area contributed by atoms with Gasteiger partial charge in [-0.1, -0.05) is 12.1 Å². The molecule has 2 heterocycles. The number of para-hydroxylation sites is 2. The molecule has 0 aromatic heterocycles. The van der Waals surface area contributed by atoms with Crippen LogP contribution in [-0.4, -0.2) is 79.6 Å². The van der Waals surface area contributed by atoms with E-state index >= 15 is 0 Å². The van der Waals surface area contributed by atoms with E-state index < -0.39 is 6.03 Å². The zero-order valence-corrected chi connectivity index (χ0v) is 15.6. The first-order valence-corrected chi connectivity index (χ1v) is 9.13. The molecule has 1 aromatic carbocycles. The highest BCUT2D eigenvalue weighted by molar-refractivity contribution is 6.09. The van der Waals surface area contributed by atoms with E-state index in [1.807, 2.05) is 0 Å². The van der Waals surface area contributed by atoms with Gasteiger partial charge in [0, 0.05) is 26.2 Å². The number of carbonyl (C=O) groups excluding carboxylic acids is 4. The van der Waals surface area contributed by atoms with Gasteiger partial charge in [0.05, 0.1) is 24.5 Å². The fraction of sp³-hybridized carbons (Fsp3) is 0.444. The van der Waals surface area contributed by atoms with Gasteiger partial charge in [-0.3, -0.25) is 14.5 Å². The van der Waals surface area contributed by atoms with Crippen molar-refractivity contribution in [1.29, 1.82) is 0 Å². The Bertz CT molecular complexity index is 775. The van der Waals surface area contributed by atoms with Crippen LogP contribution in [0.15, 0.2) is 24.3 Å². The Labute approximate surface area is 162 Å². The largest absolute Gasteiger partial charge is 0.450 e. The second-order valence-corrected chi connectivity index (χ2v) is 6.38. The van der Waals surface area contributed by atoms with Crippen molar-refractivity contribution in [3.63, 3.8) is 0 Å². The summed E-state index contributed by atoms with van der Waals surface area (Å²) in [6, 6.07) is 6.46. The Kier molecular flexibility index (Phi) is 5.97. The summed E-state index contributed by atoms with van der Waals surface area (Å²) in [5.41, 5.74) is 1.13. The third kappa shape index (κ3) is 4.33. The van der Waals surface area contributed by atoms with Crippen molar-refractivity contribution < 1.29 is 23.9 Å². The van der Waals surface area contributed by atoms with Crippen LogP contribution in [0.4, 0.5) is 21.0 Å². The molecule has 0 unspecified atom stereocenters. The topological polar surface area (TPSA) is 111 Å². The number of benzene rings is 1. The van der Waals surface area contributed by atoms with Gasteiger partial charge in [0.15, 0.2) is 0 Å². The lowest BCUT2D eigenvalue weighted by Crippen LogP contribution is -2.54. The van der Waals surface area contributed by atoms with Gasteiger partial charge in [0.25, 0.3) is 0 Å². The van der Waals surface area contributed by atoms with E-state index in [0.29, 0.717) is 44.2 Å². The predicted octanol–water partition coefficient (Wildman–Crippen LogP) is 0.455. The summed E-state index contributed by atoms with van der Waals surface area (Å²) < 4.78 is 4.95. The number of carbonyl (C=O) groups is 4. The fourth-order valence-corrected chi connectivity index (χ4v) is 3.13. The molecule has 150 valence electrons. The van der Waals surface area contributed by atoms with E-state index in [1.165, 1.54) is 4.90 Å². The Morgan fingerprint density at radius 3 is 2.50 bits per heavy atom. The van der Waals surface area contributed by atoms with Crippen molar-refractivity contribution in [2.24, 2.45) is 0 Å². The molecular weight excluding hydrogens is 366 g/mol. The molecule has 2 aliphatic heterocycles. The smallest absolute Gasteiger partial charge is 0.409 e. The van der Waals surface area contributed by atoms with Gasteiger partial charge in [-0.05, 0) is 19.1 Å². The first kappa shape index (κ1) is 19.5. The van der Waals surface area contributed by atoms with Crippen LogP contribution in [0.1, 0.15) is 6.92 Å². The molecule has 0 spiro atoms. The van der Waals surface area contributed by atoms with Crippen molar-refractivity contribution in [3.05, 3.63) is 24.3 Å². The van der Waals surface area contributed by atoms with Crippen LogP contribution in [0.5, 0.6) is 0 Å². The van der Waals surface area contributed by atoms with Gasteiger partial charge in [-0.2, -0.15) is 0 Å². The molecule has 1 saturated heterocycles. The van der Waals surface area contributed by atoms with Crippen LogP contribution in [0.3, 0.4) is 0 Å². The summed E-state index contributed by atoms with van der Waals surface area (Å²) in [7, 11) is 0. The van der Waals surface area contributed by atoms with Gasteiger partial charge in [0.1, 0.15) is 6.54 Å². The quantitative estimate of drug-likeness (QED) is 0.780. The SMILES string of the molecule is CCOC(=O)N1CCN(C(=O)CNC(=O)N2CC(=O)Nc3ccccc32)CC1. The molecule has 10 heteroatoms. The number of rotatable bonds is 3. The minimum absolute atomic E-state index is 0.116. The third-order valence-electron chi connectivity index (χ3n) is 4.57. The Morgan fingerprint density at radius 2 is 1.79 bits per heavy atom. The average molecular weight is 389 g/mol. The first-order chi connectivity index (χ1) is 13.5. The molecule has 5 amide bonds. The van der Waals surface area contributed by atoms with Gasteiger partial charge in [-0.25, -0.2) is 9.59 Å². The summed E-state index contributed by atoms with van der Waals surface area (Å²) in [4.78, 5) is 52.8. The van der Waals surface area contributed by atoms with Crippen molar-refractivity contribution in [3.8, 4) is 0 Å². The molecule has 0 saturated carbocycles. The molecule has 0 bridgehead atoms. The number of hydrogen-bond acceptors (Lipinski definition) is 5. The van der Waals surface area contributed by atoms with Crippen LogP contribution in [0.2, 0.25) is 0 Å². The number of ether oxygens (including phenoxy) is 1. The lowest BCUT2D eigenvalue weighted by molar-refractivity contribution is -0.131. The third-order valence-corrected chi connectivity index (χ3v) is 4.57. The Hall–Kier alpha value is -3.30. The standard InChI is InChI=1S/C18H23N5O5/c1-2-28-18(27)22-9-7-21(8-10-22)16(25)11-19-17(26)23-12-15(24)20-13-5-3-4-6-14(13)23/h3-6H,2,7-12H2,1H3,(H,19,26)(H,20,24). The monoisotopic (exact) mass is 389 g/mol. The number of fused-ring (bicyclic) bond motifs is 1. The lowest BCUT2D eigenvalue weighted by Gasteiger charge is -2.34. The van der Waals surface area contributed by atoms with Crippen molar-refractivity contribution >= 4 is 35.3 Å². The number of hydrogen-bond donors (Lipinski definition) is 2. The van der Waals surface area contributed by atoms with Gasteiger partial charge in [-0.15, -0.1) is 0 Å². The second kappa shape index (κ2) is 8.59. The zero-order valence-electron chi connectivity index (χ0n) is 15.6.